The van der Waals surface area contributed by atoms with Gasteiger partial charge in [0.15, 0.2) is 11.5 Å². The summed E-state index contributed by atoms with van der Waals surface area (Å²) >= 11 is 0. The number of fused-ring (bicyclic) bond motifs is 4. The Bertz CT molecular complexity index is 1310. The van der Waals surface area contributed by atoms with Gasteiger partial charge >= 0.3 is 0 Å². The quantitative estimate of drug-likeness (QED) is 0.436. The molecule has 0 fully saturated rings. The van der Waals surface area contributed by atoms with E-state index in [-0.39, 0.29) is 24.8 Å². The molecular formula is C27H25N3O3. The molecule has 3 aromatic carbocycles. The number of ether oxygens (including phenoxy) is 2. The maximum atomic E-state index is 12.8. The summed E-state index contributed by atoms with van der Waals surface area (Å²) in [4.78, 5) is 16.4. The van der Waals surface area contributed by atoms with Crippen molar-refractivity contribution >= 4 is 16.8 Å². The van der Waals surface area contributed by atoms with Gasteiger partial charge in [-0.15, -0.1) is 0 Å². The minimum atomic E-state index is -0.0671. The summed E-state index contributed by atoms with van der Waals surface area (Å²) in [5.41, 5.74) is 5.72. The molecule has 0 radical (unpaired) electrons. The summed E-state index contributed by atoms with van der Waals surface area (Å²) in [6.07, 6.45) is 1.20. The number of H-pyrrole nitrogens is 1. The molecule has 4 aromatic rings. The number of carbonyl (C=O) groups is 1. The Kier molecular flexibility index (Phi) is 5.00. The Hall–Kier alpha value is -3.77. The lowest BCUT2D eigenvalue weighted by Crippen LogP contribution is -2.43. The zero-order valence-corrected chi connectivity index (χ0v) is 18.1. The van der Waals surface area contributed by atoms with E-state index in [0.29, 0.717) is 13.0 Å². The zero-order valence-electron chi connectivity index (χ0n) is 18.1. The largest absolute Gasteiger partial charge is 0.454 e. The molecule has 1 aromatic heterocycles. The van der Waals surface area contributed by atoms with E-state index in [9.17, 15) is 4.79 Å². The predicted octanol–water partition coefficient (Wildman–Crippen LogP) is 4.21. The molecule has 0 aliphatic carbocycles. The van der Waals surface area contributed by atoms with E-state index in [1.54, 1.807) is 0 Å². The zero-order chi connectivity index (χ0) is 22.2. The molecule has 0 bridgehead atoms. The topological polar surface area (TPSA) is 75.4 Å². The molecule has 33 heavy (non-hydrogen) atoms. The van der Waals surface area contributed by atoms with Crippen LogP contribution in [0.15, 0.2) is 72.8 Å². The molecular weight excluding hydrogens is 414 g/mol. The van der Waals surface area contributed by atoms with E-state index in [2.05, 4.69) is 39.9 Å². The van der Waals surface area contributed by atoms with Gasteiger partial charge in [0.1, 0.15) is 0 Å². The van der Waals surface area contributed by atoms with Crippen molar-refractivity contribution in [1.29, 1.82) is 0 Å². The molecule has 2 atom stereocenters. The fraction of sp³-hybridized carbons (Fsp3) is 0.222. The highest BCUT2D eigenvalue weighted by atomic mass is 16.7. The summed E-state index contributed by atoms with van der Waals surface area (Å²) in [5, 5.41) is 8.00. The van der Waals surface area contributed by atoms with Gasteiger partial charge in [0.05, 0.1) is 6.04 Å². The van der Waals surface area contributed by atoms with Crippen molar-refractivity contribution < 1.29 is 14.3 Å². The maximum absolute atomic E-state index is 12.8. The van der Waals surface area contributed by atoms with Gasteiger partial charge in [-0.2, -0.15) is 0 Å². The molecule has 6 rings (SSSR count). The Morgan fingerprint density at radius 1 is 0.970 bits per heavy atom. The van der Waals surface area contributed by atoms with Crippen LogP contribution in [-0.4, -0.2) is 23.7 Å². The van der Waals surface area contributed by atoms with Crippen LogP contribution in [-0.2, 0) is 17.8 Å². The number of para-hydroxylation sites is 1. The monoisotopic (exact) mass is 439 g/mol. The minimum Gasteiger partial charge on any atom is -0.454 e. The number of aromatic amines is 1. The van der Waals surface area contributed by atoms with Gasteiger partial charge in [-0.05, 0) is 41.3 Å². The first-order chi connectivity index (χ1) is 16.2. The first kappa shape index (κ1) is 19.9. The minimum absolute atomic E-state index is 0.0166. The first-order valence-corrected chi connectivity index (χ1v) is 11.3. The summed E-state index contributed by atoms with van der Waals surface area (Å²) in [7, 11) is 0. The fourth-order valence-electron chi connectivity index (χ4n) is 4.89. The Morgan fingerprint density at radius 2 is 1.79 bits per heavy atom. The summed E-state index contributed by atoms with van der Waals surface area (Å²) < 4.78 is 11.1. The van der Waals surface area contributed by atoms with Crippen LogP contribution in [0.1, 0.15) is 34.8 Å². The molecule has 0 spiro atoms. The molecule has 3 N–H and O–H groups in total. The number of benzene rings is 3. The van der Waals surface area contributed by atoms with E-state index < -0.39 is 0 Å². The molecule has 1 amide bonds. The van der Waals surface area contributed by atoms with E-state index in [0.717, 1.165) is 40.3 Å². The fourth-order valence-corrected chi connectivity index (χ4v) is 4.89. The average Bonchev–Trinajstić information content (AvgIpc) is 3.47. The highest BCUT2D eigenvalue weighted by molar-refractivity contribution is 5.86. The van der Waals surface area contributed by atoms with Crippen LogP contribution < -0.4 is 20.1 Å². The van der Waals surface area contributed by atoms with Crippen molar-refractivity contribution in [3.8, 4) is 11.5 Å². The lowest BCUT2D eigenvalue weighted by atomic mass is 9.89. The summed E-state index contributed by atoms with van der Waals surface area (Å²) in [6.45, 7) is 0.787. The molecule has 0 saturated carbocycles. The summed E-state index contributed by atoms with van der Waals surface area (Å²) in [5.74, 6) is 1.57. The number of amides is 1. The highest BCUT2D eigenvalue weighted by Crippen LogP contribution is 2.39. The number of nitrogens with one attached hydrogen (secondary N) is 3. The first-order valence-electron chi connectivity index (χ1n) is 11.3. The van der Waals surface area contributed by atoms with Gasteiger partial charge in [-0.25, -0.2) is 0 Å². The van der Waals surface area contributed by atoms with Crippen LogP contribution in [0.25, 0.3) is 10.9 Å². The third-order valence-corrected chi connectivity index (χ3v) is 6.48. The predicted molar refractivity (Wildman–Crippen MR) is 126 cm³/mol. The molecule has 2 aliphatic heterocycles. The van der Waals surface area contributed by atoms with E-state index in [1.807, 2.05) is 48.5 Å². The number of hydrogen-bond donors (Lipinski definition) is 3. The third-order valence-electron chi connectivity index (χ3n) is 6.48. The molecule has 166 valence electrons. The summed E-state index contributed by atoms with van der Waals surface area (Å²) in [6, 6.07) is 24.4. The SMILES string of the molecule is O=C(C[C@H]1Cc2c([nH]c3ccccc23)[C@H](c2ccc3c(c2)OCO3)N1)NCc1ccccc1. The normalized spacial score (nSPS) is 18.8. The number of hydrogen-bond acceptors (Lipinski definition) is 4. The standard InChI is InChI=1S/C27H25N3O3/c31-25(28-15-17-6-2-1-3-7-17)14-19-13-21-20-8-4-5-9-22(20)30-27(21)26(29-19)18-10-11-23-24(12-18)33-16-32-23/h1-12,19,26,29-30H,13-16H2,(H,28,31)/t19-,26+/m1/s1. The van der Waals surface area contributed by atoms with Crippen LogP contribution >= 0.6 is 0 Å². The maximum Gasteiger partial charge on any atom is 0.231 e. The van der Waals surface area contributed by atoms with Crippen molar-refractivity contribution in [3.05, 3.63) is 95.2 Å². The highest BCUT2D eigenvalue weighted by Gasteiger charge is 2.32. The third kappa shape index (κ3) is 3.83. The van der Waals surface area contributed by atoms with E-state index in [4.69, 9.17) is 9.47 Å². The van der Waals surface area contributed by atoms with Gasteiger partial charge < -0.3 is 25.1 Å². The Morgan fingerprint density at radius 3 is 2.70 bits per heavy atom. The smallest absolute Gasteiger partial charge is 0.231 e. The van der Waals surface area contributed by atoms with Crippen LogP contribution in [0.4, 0.5) is 0 Å². The van der Waals surface area contributed by atoms with Crippen LogP contribution in [0.3, 0.4) is 0 Å². The van der Waals surface area contributed by atoms with Crippen molar-refractivity contribution in [2.45, 2.75) is 31.5 Å². The van der Waals surface area contributed by atoms with Crippen LogP contribution in [0, 0.1) is 0 Å². The van der Waals surface area contributed by atoms with Crippen molar-refractivity contribution in [2.75, 3.05) is 6.79 Å². The molecule has 2 aliphatic rings. The number of rotatable bonds is 5. The van der Waals surface area contributed by atoms with Crippen LogP contribution in [0.5, 0.6) is 11.5 Å². The lowest BCUT2D eigenvalue weighted by molar-refractivity contribution is -0.121. The molecule has 0 saturated heterocycles. The van der Waals surface area contributed by atoms with Gasteiger partial charge in [0.2, 0.25) is 12.7 Å². The van der Waals surface area contributed by atoms with Gasteiger partial charge in [-0.3, -0.25) is 4.79 Å². The second kappa shape index (κ2) is 8.30. The Balaban J connectivity index is 1.28. The van der Waals surface area contributed by atoms with Crippen LogP contribution in [0.2, 0.25) is 0 Å². The van der Waals surface area contributed by atoms with E-state index in [1.165, 1.54) is 10.9 Å². The molecule has 6 heteroatoms. The van der Waals surface area contributed by atoms with Gasteiger partial charge in [0.25, 0.3) is 0 Å². The molecule has 6 nitrogen and oxygen atoms in total. The average molecular weight is 440 g/mol. The second-order valence-corrected chi connectivity index (χ2v) is 8.64. The van der Waals surface area contributed by atoms with Crippen molar-refractivity contribution in [3.63, 3.8) is 0 Å². The van der Waals surface area contributed by atoms with E-state index >= 15 is 0 Å². The van der Waals surface area contributed by atoms with Gasteiger partial charge in [0, 0.05) is 35.6 Å². The molecule has 3 heterocycles. The Labute approximate surface area is 191 Å². The van der Waals surface area contributed by atoms with Crippen molar-refractivity contribution in [2.24, 2.45) is 0 Å². The lowest BCUT2D eigenvalue weighted by Gasteiger charge is -2.31. The number of aromatic nitrogens is 1. The number of carbonyl (C=O) groups excluding carboxylic acids is 1. The van der Waals surface area contributed by atoms with Crippen molar-refractivity contribution in [1.82, 2.24) is 15.6 Å². The second-order valence-electron chi connectivity index (χ2n) is 8.64. The van der Waals surface area contributed by atoms with Gasteiger partial charge in [-0.1, -0.05) is 54.6 Å². The molecule has 0 unspecified atom stereocenters.